The van der Waals surface area contributed by atoms with Crippen LogP contribution < -0.4 is 11.1 Å². The zero-order chi connectivity index (χ0) is 15.1. The molecule has 0 aliphatic heterocycles. The molecule has 1 aromatic rings. The Bertz CT molecular complexity index is 451. The summed E-state index contributed by atoms with van der Waals surface area (Å²) in [5.41, 5.74) is 6.03. The summed E-state index contributed by atoms with van der Waals surface area (Å²) in [5.74, 6) is -0.595. The number of carbonyl (C=O) groups is 1. The second kappa shape index (κ2) is 7.85. The normalized spacial score (nSPS) is 12.4. The van der Waals surface area contributed by atoms with Crippen LogP contribution in [-0.2, 0) is 4.79 Å². The van der Waals surface area contributed by atoms with Gasteiger partial charge in [-0.05, 0) is 45.1 Å². The van der Waals surface area contributed by atoms with Crippen molar-refractivity contribution in [3.05, 3.63) is 24.0 Å². The van der Waals surface area contributed by atoms with Crippen molar-refractivity contribution in [1.82, 2.24) is 4.90 Å². The second-order valence-corrected chi connectivity index (χ2v) is 5.09. The van der Waals surface area contributed by atoms with E-state index in [4.69, 9.17) is 5.73 Å². The Morgan fingerprint density at radius 3 is 2.75 bits per heavy atom. The van der Waals surface area contributed by atoms with E-state index in [0.29, 0.717) is 5.69 Å². The van der Waals surface area contributed by atoms with E-state index in [0.717, 1.165) is 25.8 Å². The molecule has 0 aromatic heterocycles. The Hall–Kier alpha value is -1.62. The Morgan fingerprint density at radius 2 is 2.15 bits per heavy atom. The minimum atomic E-state index is -0.479. The van der Waals surface area contributed by atoms with Crippen molar-refractivity contribution >= 4 is 17.3 Å². The number of unbranched alkanes of at least 4 members (excludes halogenated alkanes) is 2. The Morgan fingerprint density at radius 1 is 1.45 bits per heavy atom. The number of nitrogen functional groups attached to an aromatic ring is 1. The SMILES string of the molecule is CCCCCN(C)C(C)C(=O)Nc1ccc(F)c(N)c1. The fraction of sp³-hybridized carbons (Fsp3) is 0.533. The van der Waals surface area contributed by atoms with Crippen LogP contribution in [0.4, 0.5) is 15.8 Å². The molecular weight excluding hydrogens is 257 g/mol. The number of hydrogen-bond acceptors (Lipinski definition) is 3. The number of carbonyl (C=O) groups excluding carboxylic acids is 1. The molecule has 0 fully saturated rings. The molecule has 1 aromatic carbocycles. The van der Waals surface area contributed by atoms with E-state index in [1.807, 2.05) is 18.9 Å². The third-order valence-electron chi connectivity index (χ3n) is 3.42. The third-order valence-corrected chi connectivity index (χ3v) is 3.42. The number of likely N-dealkylation sites (N-methyl/N-ethyl adjacent to an activating group) is 1. The minimum Gasteiger partial charge on any atom is -0.396 e. The van der Waals surface area contributed by atoms with Crippen LogP contribution in [0.2, 0.25) is 0 Å². The molecule has 1 rings (SSSR count). The van der Waals surface area contributed by atoms with Crippen molar-refractivity contribution in [2.75, 3.05) is 24.6 Å². The summed E-state index contributed by atoms with van der Waals surface area (Å²) in [6.45, 7) is 4.89. The molecule has 0 aliphatic carbocycles. The molecule has 1 atom stereocenters. The van der Waals surface area contributed by atoms with E-state index in [2.05, 4.69) is 12.2 Å². The van der Waals surface area contributed by atoms with E-state index in [1.165, 1.54) is 18.2 Å². The van der Waals surface area contributed by atoms with Crippen molar-refractivity contribution in [2.45, 2.75) is 39.2 Å². The maximum atomic E-state index is 13.0. The predicted molar refractivity (Wildman–Crippen MR) is 81.1 cm³/mol. The molecule has 0 radical (unpaired) electrons. The first-order valence-electron chi connectivity index (χ1n) is 7.01. The van der Waals surface area contributed by atoms with Crippen LogP contribution in [0.5, 0.6) is 0 Å². The summed E-state index contributed by atoms with van der Waals surface area (Å²) in [5, 5.41) is 2.75. The topological polar surface area (TPSA) is 58.4 Å². The number of amides is 1. The Kier molecular flexibility index (Phi) is 6.45. The van der Waals surface area contributed by atoms with Gasteiger partial charge in [0.15, 0.2) is 0 Å². The van der Waals surface area contributed by atoms with Gasteiger partial charge in [0.25, 0.3) is 0 Å². The van der Waals surface area contributed by atoms with Crippen molar-refractivity contribution in [3.8, 4) is 0 Å². The average Bonchev–Trinajstić information content (AvgIpc) is 2.42. The van der Waals surface area contributed by atoms with Gasteiger partial charge in [-0.25, -0.2) is 4.39 Å². The number of nitrogens with zero attached hydrogens (tertiary/aromatic N) is 1. The van der Waals surface area contributed by atoms with Crippen molar-refractivity contribution < 1.29 is 9.18 Å². The lowest BCUT2D eigenvalue weighted by atomic mass is 10.2. The lowest BCUT2D eigenvalue weighted by molar-refractivity contribution is -0.120. The van der Waals surface area contributed by atoms with E-state index < -0.39 is 5.82 Å². The summed E-state index contributed by atoms with van der Waals surface area (Å²) in [7, 11) is 1.93. The van der Waals surface area contributed by atoms with E-state index in [1.54, 1.807) is 0 Å². The van der Waals surface area contributed by atoms with Gasteiger partial charge in [0.2, 0.25) is 5.91 Å². The van der Waals surface area contributed by atoms with Crippen molar-refractivity contribution in [2.24, 2.45) is 0 Å². The molecule has 4 nitrogen and oxygen atoms in total. The van der Waals surface area contributed by atoms with Crippen LogP contribution in [0.25, 0.3) is 0 Å². The van der Waals surface area contributed by atoms with Gasteiger partial charge < -0.3 is 11.1 Å². The molecule has 0 saturated heterocycles. The first-order chi connectivity index (χ1) is 9.45. The zero-order valence-electron chi connectivity index (χ0n) is 12.4. The Balaban J connectivity index is 2.54. The summed E-state index contributed by atoms with van der Waals surface area (Å²) in [4.78, 5) is 14.1. The molecular formula is C15H24FN3O. The van der Waals surface area contributed by atoms with Gasteiger partial charge in [0, 0.05) is 5.69 Å². The van der Waals surface area contributed by atoms with Gasteiger partial charge >= 0.3 is 0 Å². The third kappa shape index (κ3) is 4.81. The van der Waals surface area contributed by atoms with Gasteiger partial charge in [0.05, 0.1) is 11.7 Å². The molecule has 0 aliphatic rings. The van der Waals surface area contributed by atoms with Crippen LogP contribution >= 0.6 is 0 Å². The highest BCUT2D eigenvalue weighted by atomic mass is 19.1. The molecule has 0 spiro atoms. The number of halogens is 1. The lowest BCUT2D eigenvalue weighted by Crippen LogP contribution is -2.40. The summed E-state index contributed by atoms with van der Waals surface area (Å²) >= 11 is 0. The number of nitrogens with two attached hydrogens (primary N) is 1. The van der Waals surface area contributed by atoms with Crippen LogP contribution in [0.15, 0.2) is 18.2 Å². The van der Waals surface area contributed by atoms with Gasteiger partial charge in [-0.2, -0.15) is 0 Å². The largest absolute Gasteiger partial charge is 0.396 e. The van der Waals surface area contributed by atoms with E-state index in [9.17, 15) is 9.18 Å². The first-order valence-corrected chi connectivity index (χ1v) is 7.01. The highest BCUT2D eigenvalue weighted by molar-refractivity contribution is 5.94. The number of hydrogen-bond donors (Lipinski definition) is 2. The molecule has 0 bridgehead atoms. The highest BCUT2D eigenvalue weighted by Crippen LogP contribution is 2.16. The molecule has 0 heterocycles. The molecule has 20 heavy (non-hydrogen) atoms. The number of rotatable bonds is 7. The molecule has 112 valence electrons. The van der Waals surface area contributed by atoms with Crippen LogP contribution in [0.1, 0.15) is 33.1 Å². The first kappa shape index (κ1) is 16.4. The maximum absolute atomic E-state index is 13.0. The number of nitrogens with one attached hydrogen (secondary N) is 1. The predicted octanol–water partition coefficient (Wildman–Crippen LogP) is 2.86. The van der Waals surface area contributed by atoms with Gasteiger partial charge in [-0.1, -0.05) is 19.8 Å². The molecule has 5 heteroatoms. The van der Waals surface area contributed by atoms with Crippen LogP contribution in [0, 0.1) is 5.82 Å². The number of benzene rings is 1. The summed E-state index contributed by atoms with van der Waals surface area (Å²) in [6.07, 6.45) is 3.39. The second-order valence-electron chi connectivity index (χ2n) is 5.09. The van der Waals surface area contributed by atoms with Gasteiger partial charge in [-0.3, -0.25) is 9.69 Å². The molecule has 1 amide bonds. The quantitative estimate of drug-likeness (QED) is 0.597. The minimum absolute atomic E-state index is 0.0340. The number of anilines is 2. The highest BCUT2D eigenvalue weighted by Gasteiger charge is 2.17. The molecule has 0 saturated carbocycles. The lowest BCUT2D eigenvalue weighted by Gasteiger charge is -2.23. The average molecular weight is 281 g/mol. The van der Waals surface area contributed by atoms with Gasteiger partial charge in [0.1, 0.15) is 5.82 Å². The fourth-order valence-corrected chi connectivity index (χ4v) is 1.87. The smallest absolute Gasteiger partial charge is 0.241 e. The van der Waals surface area contributed by atoms with Crippen molar-refractivity contribution in [3.63, 3.8) is 0 Å². The van der Waals surface area contributed by atoms with Crippen molar-refractivity contribution in [1.29, 1.82) is 0 Å². The monoisotopic (exact) mass is 281 g/mol. The van der Waals surface area contributed by atoms with Gasteiger partial charge in [-0.15, -0.1) is 0 Å². The zero-order valence-corrected chi connectivity index (χ0v) is 12.4. The standard InChI is InChI=1S/C15H24FN3O/c1-4-5-6-9-19(3)11(2)15(20)18-12-7-8-13(16)14(17)10-12/h7-8,10-11H,4-6,9,17H2,1-3H3,(H,18,20). The van der Waals surface area contributed by atoms with E-state index in [-0.39, 0.29) is 17.6 Å². The summed E-state index contributed by atoms with van der Waals surface area (Å²) in [6, 6.07) is 3.95. The summed E-state index contributed by atoms with van der Waals surface area (Å²) < 4.78 is 13.0. The Labute approximate surface area is 120 Å². The maximum Gasteiger partial charge on any atom is 0.241 e. The fourth-order valence-electron chi connectivity index (χ4n) is 1.87. The van der Waals surface area contributed by atoms with Crippen LogP contribution in [0.3, 0.4) is 0 Å². The van der Waals surface area contributed by atoms with E-state index >= 15 is 0 Å². The van der Waals surface area contributed by atoms with Crippen LogP contribution in [-0.4, -0.2) is 30.4 Å². The molecule has 3 N–H and O–H groups in total. The molecule has 1 unspecified atom stereocenters.